The van der Waals surface area contributed by atoms with Crippen LogP contribution in [0.2, 0.25) is 0 Å². The Morgan fingerprint density at radius 3 is 2.50 bits per heavy atom. The van der Waals surface area contributed by atoms with Crippen molar-refractivity contribution in [2.45, 2.75) is 84.1 Å². The third kappa shape index (κ3) is 11.1. The summed E-state index contributed by atoms with van der Waals surface area (Å²) in [6, 6.07) is 5.32. The Balaban J connectivity index is 1.42. The Labute approximate surface area is 268 Å². The van der Waals surface area contributed by atoms with Crippen LogP contribution in [-0.4, -0.2) is 71.7 Å². The Morgan fingerprint density at radius 1 is 1.07 bits per heavy atom. The van der Waals surface area contributed by atoms with Crippen LogP contribution < -0.4 is 21.7 Å². The quantitative estimate of drug-likeness (QED) is 0.165. The maximum absolute atomic E-state index is 12.9. The van der Waals surface area contributed by atoms with Crippen molar-refractivity contribution in [2.24, 2.45) is 5.73 Å². The zero-order chi connectivity index (χ0) is 32.1. The van der Waals surface area contributed by atoms with Gasteiger partial charge >= 0.3 is 0 Å². The number of nitrogens with zero attached hydrogens (tertiary/aromatic N) is 3. The number of piperidine rings is 1. The number of ketones is 1. The minimum Gasteiger partial charge on any atom is -0.366 e. The maximum Gasteiger partial charge on any atom is 0.251 e. The number of nitrogens with one attached hydrogen (secondary N) is 3. The Morgan fingerprint density at radius 2 is 1.80 bits per heavy atom. The van der Waals surface area contributed by atoms with E-state index in [1.807, 2.05) is 6.07 Å². The first-order chi connectivity index (χ1) is 21.0. The largest absolute Gasteiger partial charge is 0.366 e. The number of hydrogen-bond acceptors (Lipinski definition) is 9. The summed E-state index contributed by atoms with van der Waals surface area (Å²) >= 11 is 3.44. The van der Waals surface area contributed by atoms with E-state index in [9.17, 15) is 22.8 Å². The zero-order valence-electron chi connectivity index (χ0n) is 25.5. The number of aryl methyl sites for hydroxylation is 1. The van der Waals surface area contributed by atoms with Crippen LogP contribution in [0.4, 0.5) is 17.5 Å². The lowest BCUT2D eigenvalue weighted by Crippen LogP contribution is -2.45. The van der Waals surface area contributed by atoms with E-state index in [1.165, 1.54) is 10.7 Å². The molecule has 2 heterocycles. The molecule has 1 saturated heterocycles. The number of halogens is 1. The zero-order valence-corrected chi connectivity index (χ0v) is 27.9. The molecule has 44 heavy (non-hydrogen) atoms. The van der Waals surface area contributed by atoms with Crippen molar-refractivity contribution in [1.29, 1.82) is 0 Å². The molecule has 0 atom stereocenters. The van der Waals surface area contributed by atoms with E-state index >= 15 is 0 Å². The van der Waals surface area contributed by atoms with Crippen LogP contribution in [0, 0.1) is 6.92 Å². The van der Waals surface area contributed by atoms with Gasteiger partial charge < -0.3 is 21.7 Å². The monoisotopic (exact) mass is 693 g/mol. The smallest absolute Gasteiger partial charge is 0.251 e. The van der Waals surface area contributed by atoms with Gasteiger partial charge in [0, 0.05) is 51.1 Å². The first kappa shape index (κ1) is 35.4. The normalized spacial score (nSPS) is 14.2. The number of benzene rings is 1. The molecule has 1 aromatic carbocycles. The lowest BCUT2D eigenvalue weighted by molar-refractivity contribution is -0.125. The second kappa shape index (κ2) is 17.4. The van der Waals surface area contributed by atoms with E-state index in [1.54, 1.807) is 25.3 Å². The van der Waals surface area contributed by atoms with Crippen LogP contribution in [0.1, 0.15) is 87.1 Å². The first-order valence-electron chi connectivity index (χ1n) is 15.2. The van der Waals surface area contributed by atoms with E-state index in [2.05, 4.69) is 48.8 Å². The van der Waals surface area contributed by atoms with E-state index in [-0.39, 0.29) is 42.9 Å². The SMILES string of the molecule is CCCCCCCC(=O)CCC(=O)NCCS(=O)(=O)N1CCC(Nc2ncc(Br)c(Nc3cccc(C)c3C(N)=O)n2)CC1. The predicted molar refractivity (Wildman–Crippen MR) is 175 cm³/mol. The average molecular weight is 695 g/mol. The molecule has 12 nitrogen and oxygen atoms in total. The summed E-state index contributed by atoms with van der Waals surface area (Å²) < 4.78 is 27.8. The highest BCUT2D eigenvalue weighted by Crippen LogP contribution is 2.28. The minimum absolute atomic E-state index is 0.00543. The first-order valence-corrected chi connectivity index (χ1v) is 17.6. The van der Waals surface area contributed by atoms with Gasteiger partial charge in [-0.3, -0.25) is 14.4 Å². The molecular formula is C30H44BrN7O5S. The molecule has 0 unspecified atom stereocenters. The molecule has 0 aliphatic carbocycles. The van der Waals surface area contributed by atoms with Gasteiger partial charge in [0.2, 0.25) is 21.9 Å². The number of carbonyl (C=O) groups is 3. The number of unbranched alkanes of at least 4 members (excludes halogenated alkanes) is 4. The lowest BCUT2D eigenvalue weighted by atomic mass is 10.1. The van der Waals surface area contributed by atoms with Crippen LogP contribution in [0.3, 0.4) is 0 Å². The summed E-state index contributed by atoms with van der Waals surface area (Å²) in [5, 5.41) is 9.06. The molecule has 1 aliphatic rings. The van der Waals surface area contributed by atoms with Crippen molar-refractivity contribution >= 4 is 61.0 Å². The third-order valence-electron chi connectivity index (χ3n) is 7.57. The van der Waals surface area contributed by atoms with Gasteiger partial charge in [-0.05, 0) is 53.7 Å². The van der Waals surface area contributed by atoms with Crippen molar-refractivity contribution < 1.29 is 22.8 Å². The number of hydrogen-bond donors (Lipinski definition) is 4. The summed E-state index contributed by atoms with van der Waals surface area (Å²) in [4.78, 5) is 45.0. The van der Waals surface area contributed by atoms with Gasteiger partial charge in [0.15, 0.2) is 0 Å². The summed E-state index contributed by atoms with van der Waals surface area (Å²) in [7, 11) is -3.55. The molecule has 0 spiro atoms. The van der Waals surface area contributed by atoms with Crippen molar-refractivity contribution in [3.8, 4) is 0 Å². The van der Waals surface area contributed by atoms with E-state index in [4.69, 9.17) is 5.73 Å². The van der Waals surface area contributed by atoms with E-state index in [0.29, 0.717) is 59.8 Å². The van der Waals surface area contributed by atoms with Gasteiger partial charge in [-0.15, -0.1) is 0 Å². The third-order valence-corrected chi connectivity index (χ3v) is 10.0. The summed E-state index contributed by atoms with van der Waals surface area (Å²) in [6.07, 6.45) is 8.80. The fraction of sp³-hybridized carbons (Fsp3) is 0.567. The molecule has 0 bridgehead atoms. The number of Topliss-reactive ketones (excluding diaryl/α,β-unsaturated/α-hetero) is 1. The van der Waals surface area contributed by atoms with Crippen molar-refractivity contribution in [2.75, 3.05) is 36.0 Å². The summed E-state index contributed by atoms with van der Waals surface area (Å²) in [5.41, 5.74) is 7.22. The number of carbonyl (C=O) groups excluding carboxylic acids is 3. The van der Waals surface area contributed by atoms with Crippen molar-refractivity contribution in [3.05, 3.63) is 40.0 Å². The standard InChI is InChI=1S/C30H44BrN7O5S/c1-3-4-5-6-7-10-23(39)12-13-26(40)33-16-19-44(42,43)38-17-14-22(15-18-38)35-30-34-20-24(31)29(37-30)36-25-11-8-9-21(2)27(25)28(32)41/h8-9,11,20,22H,3-7,10,12-19H2,1-2H3,(H2,32,41)(H,33,40)(H2,34,35,36,37). The number of sulfonamides is 1. The van der Waals surface area contributed by atoms with Gasteiger partial charge in [0.25, 0.3) is 5.91 Å². The molecule has 2 aromatic rings. The lowest BCUT2D eigenvalue weighted by Gasteiger charge is -2.31. The second-order valence-corrected chi connectivity index (χ2v) is 14.0. The summed E-state index contributed by atoms with van der Waals surface area (Å²) in [6.45, 7) is 4.61. The van der Waals surface area contributed by atoms with Crippen LogP contribution in [-0.2, 0) is 19.6 Å². The van der Waals surface area contributed by atoms with Crippen LogP contribution in [0.15, 0.2) is 28.9 Å². The fourth-order valence-electron chi connectivity index (χ4n) is 5.05. The van der Waals surface area contributed by atoms with E-state index in [0.717, 1.165) is 31.2 Å². The second-order valence-electron chi connectivity index (χ2n) is 11.1. The molecule has 3 rings (SSSR count). The molecule has 0 saturated carbocycles. The number of amides is 2. The van der Waals surface area contributed by atoms with Gasteiger partial charge in [-0.25, -0.2) is 17.7 Å². The Bertz CT molecular complexity index is 1400. The Kier molecular flexibility index (Phi) is 14.0. The Hall–Kier alpha value is -3.10. The average Bonchev–Trinajstić information content (AvgIpc) is 2.98. The van der Waals surface area contributed by atoms with Crippen LogP contribution in [0.5, 0.6) is 0 Å². The van der Waals surface area contributed by atoms with Gasteiger partial charge in [-0.1, -0.05) is 44.7 Å². The fourth-order valence-corrected chi connectivity index (χ4v) is 6.73. The van der Waals surface area contributed by atoms with Gasteiger partial charge in [-0.2, -0.15) is 4.98 Å². The van der Waals surface area contributed by atoms with Gasteiger partial charge in [0.1, 0.15) is 11.6 Å². The maximum atomic E-state index is 12.9. The molecular weight excluding hydrogens is 650 g/mol. The van der Waals surface area contributed by atoms with Crippen LogP contribution in [0.25, 0.3) is 0 Å². The van der Waals surface area contributed by atoms with Crippen molar-refractivity contribution in [1.82, 2.24) is 19.6 Å². The van der Waals surface area contributed by atoms with Crippen LogP contribution >= 0.6 is 15.9 Å². The highest BCUT2D eigenvalue weighted by Gasteiger charge is 2.28. The topological polar surface area (TPSA) is 176 Å². The number of anilines is 3. The molecule has 1 aromatic heterocycles. The summed E-state index contributed by atoms with van der Waals surface area (Å²) in [5.74, 6) is -0.162. The highest BCUT2D eigenvalue weighted by atomic mass is 79.9. The molecule has 5 N–H and O–H groups in total. The number of primary amides is 1. The molecule has 14 heteroatoms. The van der Waals surface area contributed by atoms with E-state index < -0.39 is 15.9 Å². The van der Waals surface area contributed by atoms with Crippen molar-refractivity contribution in [3.63, 3.8) is 0 Å². The molecule has 2 amide bonds. The number of rotatable bonds is 18. The van der Waals surface area contributed by atoms with Gasteiger partial charge in [0.05, 0.1) is 21.5 Å². The number of aromatic nitrogens is 2. The predicted octanol–water partition coefficient (Wildman–Crippen LogP) is 4.42. The number of nitrogens with two attached hydrogens (primary N) is 1. The molecule has 1 fully saturated rings. The molecule has 0 radical (unpaired) electrons. The molecule has 1 aliphatic heterocycles. The minimum atomic E-state index is -3.55. The highest BCUT2D eigenvalue weighted by molar-refractivity contribution is 9.10. The molecule has 242 valence electrons.